The van der Waals surface area contributed by atoms with Crippen LogP contribution in [0.15, 0.2) is 58.5 Å². The summed E-state index contributed by atoms with van der Waals surface area (Å²) in [6, 6.07) is 5.44. The lowest BCUT2D eigenvalue weighted by Gasteiger charge is -2.38. The molecule has 1 aliphatic rings. The number of fused-ring (bicyclic) bond motifs is 1. The molecule has 1 unspecified atom stereocenters. The van der Waals surface area contributed by atoms with E-state index in [1.807, 2.05) is 13.8 Å². The van der Waals surface area contributed by atoms with E-state index < -0.39 is 63.5 Å². The number of aryl methyl sites for hydroxylation is 1. The van der Waals surface area contributed by atoms with E-state index >= 15 is 4.39 Å². The summed E-state index contributed by atoms with van der Waals surface area (Å²) in [7, 11) is 0. The quantitative estimate of drug-likeness (QED) is 0.260. The Hall–Kier alpha value is -4.74. The Morgan fingerprint density at radius 1 is 1.14 bits per heavy atom. The Labute approximate surface area is 244 Å². The molecule has 0 saturated carbocycles. The normalized spacial score (nSPS) is 17.1. The van der Waals surface area contributed by atoms with Crippen LogP contribution in [0.1, 0.15) is 50.4 Å². The number of benzene rings is 1. The molecule has 1 amide bonds. The number of pyridine rings is 2. The number of hydrogen-bond donors (Lipinski definition) is 1. The summed E-state index contributed by atoms with van der Waals surface area (Å²) in [6.07, 6.45) is 1.72. The smallest absolute Gasteiger partial charge is 0.322 e. The van der Waals surface area contributed by atoms with Crippen molar-refractivity contribution in [3.63, 3.8) is 0 Å². The number of carbonyl (C=O) groups is 1. The van der Waals surface area contributed by atoms with Gasteiger partial charge in [0.2, 0.25) is 0 Å². The first-order valence-corrected chi connectivity index (χ1v) is 13.8. The largest absolute Gasteiger partial charge is 0.507 e. The highest BCUT2D eigenvalue weighted by Crippen LogP contribution is 2.36. The van der Waals surface area contributed by atoms with Gasteiger partial charge in [0, 0.05) is 31.4 Å². The average Bonchev–Trinajstić information content (AvgIpc) is 2.95. The van der Waals surface area contributed by atoms with Crippen LogP contribution in [0.25, 0.3) is 28.1 Å². The van der Waals surface area contributed by atoms with Crippen molar-refractivity contribution in [2.45, 2.75) is 46.1 Å². The van der Waals surface area contributed by atoms with Crippen LogP contribution in [0.4, 0.5) is 13.2 Å². The van der Waals surface area contributed by atoms with Gasteiger partial charge in [0.15, 0.2) is 17.3 Å². The molecule has 12 heteroatoms. The molecule has 3 aromatic heterocycles. The standard InChI is InChI=1S/C31H30F3N5O4/c1-15(2)25-27(16(3)9-11-35-25)39-28-22(13-20(34)26(36-28)24-19(33)7-6-8-23(24)40)38(30(42)31(39)43)21-10-12-37(14-17(21)4)29(41)18(5)32/h6-9,11,13,15,17,21,40H,5,10,12,14H2,1-4H3/t17-,21?/m1/s1. The molecule has 4 heterocycles. The van der Waals surface area contributed by atoms with Crippen LogP contribution in [0.5, 0.6) is 5.75 Å². The maximum Gasteiger partial charge on any atom is 0.322 e. The highest BCUT2D eigenvalue weighted by Gasteiger charge is 2.34. The molecule has 1 saturated heterocycles. The Morgan fingerprint density at radius 3 is 2.49 bits per heavy atom. The molecule has 0 radical (unpaired) electrons. The van der Waals surface area contributed by atoms with E-state index in [2.05, 4.69) is 16.5 Å². The van der Waals surface area contributed by atoms with Gasteiger partial charge in [-0.15, -0.1) is 0 Å². The fourth-order valence-electron chi connectivity index (χ4n) is 5.83. The van der Waals surface area contributed by atoms with Crippen molar-refractivity contribution in [3.8, 4) is 22.7 Å². The summed E-state index contributed by atoms with van der Waals surface area (Å²) in [4.78, 5) is 50.3. The fourth-order valence-corrected chi connectivity index (χ4v) is 5.83. The third-order valence-corrected chi connectivity index (χ3v) is 7.88. The van der Waals surface area contributed by atoms with Crippen LogP contribution >= 0.6 is 0 Å². The maximum atomic E-state index is 15.9. The molecule has 224 valence electrons. The summed E-state index contributed by atoms with van der Waals surface area (Å²) >= 11 is 0. The van der Waals surface area contributed by atoms with Crippen molar-refractivity contribution in [1.82, 2.24) is 24.0 Å². The zero-order valence-electron chi connectivity index (χ0n) is 24.1. The molecule has 1 N–H and O–H groups in total. The first kappa shape index (κ1) is 29.7. The van der Waals surface area contributed by atoms with Gasteiger partial charge in [-0.3, -0.25) is 28.5 Å². The zero-order chi connectivity index (χ0) is 31.3. The van der Waals surface area contributed by atoms with Crippen LogP contribution in [-0.4, -0.2) is 48.1 Å². The number of piperidine rings is 1. The van der Waals surface area contributed by atoms with Gasteiger partial charge in [-0.05, 0) is 48.9 Å². The van der Waals surface area contributed by atoms with Crippen LogP contribution in [-0.2, 0) is 4.79 Å². The number of hydrogen-bond acceptors (Lipinski definition) is 6. The molecule has 0 aliphatic carbocycles. The van der Waals surface area contributed by atoms with Gasteiger partial charge in [-0.1, -0.05) is 33.4 Å². The summed E-state index contributed by atoms with van der Waals surface area (Å²) < 4.78 is 46.6. The SMILES string of the molecule is C=C(F)C(=O)N1CCC(n2c(=O)c(=O)n(-c3c(C)ccnc3C(C)C)c3nc(-c4c(O)cccc4F)c(F)cc32)[C@H](C)C1. The highest BCUT2D eigenvalue weighted by molar-refractivity contribution is 5.90. The van der Waals surface area contributed by atoms with Crippen molar-refractivity contribution in [3.05, 3.63) is 92.5 Å². The number of carbonyl (C=O) groups excluding carboxylic acids is 1. The second-order valence-corrected chi connectivity index (χ2v) is 11.1. The molecule has 1 aromatic carbocycles. The molecular weight excluding hydrogens is 563 g/mol. The highest BCUT2D eigenvalue weighted by atomic mass is 19.1. The molecule has 1 aliphatic heterocycles. The van der Waals surface area contributed by atoms with Gasteiger partial charge in [-0.2, -0.15) is 0 Å². The van der Waals surface area contributed by atoms with E-state index in [-0.39, 0.29) is 42.3 Å². The Morgan fingerprint density at radius 2 is 1.86 bits per heavy atom. The van der Waals surface area contributed by atoms with Gasteiger partial charge in [0.25, 0.3) is 5.91 Å². The van der Waals surface area contributed by atoms with Crippen molar-refractivity contribution in [2.75, 3.05) is 13.1 Å². The minimum atomic E-state index is -1.11. The molecule has 5 rings (SSSR count). The molecule has 4 aromatic rings. The van der Waals surface area contributed by atoms with Crippen molar-refractivity contribution in [2.24, 2.45) is 5.92 Å². The number of likely N-dealkylation sites (tertiary alicyclic amines) is 1. The monoisotopic (exact) mass is 593 g/mol. The maximum absolute atomic E-state index is 15.9. The molecule has 9 nitrogen and oxygen atoms in total. The van der Waals surface area contributed by atoms with E-state index in [4.69, 9.17) is 0 Å². The molecule has 0 spiro atoms. The number of amides is 1. The first-order chi connectivity index (χ1) is 20.3. The minimum absolute atomic E-state index is 0.0498. The van der Waals surface area contributed by atoms with E-state index in [1.54, 1.807) is 26.1 Å². The van der Waals surface area contributed by atoms with Gasteiger partial charge in [-0.25, -0.2) is 18.2 Å². The number of aromatic hydroxyl groups is 1. The number of phenolic OH excluding ortho intramolecular Hbond substituents is 1. The van der Waals surface area contributed by atoms with Crippen molar-refractivity contribution >= 4 is 17.1 Å². The number of rotatable bonds is 5. The molecule has 43 heavy (non-hydrogen) atoms. The second-order valence-electron chi connectivity index (χ2n) is 11.1. The summed E-state index contributed by atoms with van der Waals surface area (Å²) in [5.41, 5.74) is -1.84. The van der Waals surface area contributed by atoms with Crippen LogP contribution in [0.2, 0.25) is 0 Å². The van der Waals surface area contributed by atoms with E-state index in [0.717, 1.165) is 21.3 Å². The molecule has 1 fully saturated rings. The second kappa shape index (κ2) is 11.2. The Bertz CT molecular complexity index is 1900. The summed E-state index contributed by atoms with van der Waals surface area (Å²) in [6.45, 7) is 10.4. The van der Waals surface area contributed by atoms with Gasteiger partial charge in [0.05, 0.1) is 22.5 Å². The van der Waals surface area contributed by atoms with Crippen molar-refractivity contribution in [1.29, 1.82) is 0 Å². The summed E-state index contributed by atoms with van der Waals surface area (Å²) in [5.74, 6) is -5.17. The zero-order valence-corrected chi connectivity index (χ0v) is 24.1. The van der Waals surface area contributed by atoms with E-state index in [1.165, 1.54) is 17.0 Å². The first-order valence-electron chi connectivity index (χ1n) is 13.8. The Balaban J connectivity index is 1.86. The predicted octanol–water partition coefficient (Wildman–Crippen LogP) is 4.92. The van der Waals surface area contributed by atoms with Crippen LogP contribution in [0, 0.1) is 24.5 Å². The predicted molar refractivity (Wildman–Crippen MR) is 155 cm³/mol. The van der Waals surface area contributed by atoms with Gasteiger partial charge < -0.3 is 10.0 Å². The van der Waals surface area contributed by atoms with Gasteiger partial charge in [0.1, 0.15) is 17.3 Å². The third kappa shape index (κ3) is 5.00. The molecular formula is C31H30F3N5O4. The molecule has 2 atom stereocenters. The molecule has 0 bridgehead atoms. The van der Waals surface area contributed by atoms with Crippen LogP contribution < -0.4 is 11.1 Å². The fraction of sp³-hybridized carbons (Fsp3) is 0.323. The number of halogens is 3. The third-order valence-electron chi connectivity index (χ3n) is 7.88. The Kier molecular flexibility index (Phi) is 7.72. The number of nitrogens with zero attached hydrogens (tertiary/aromatic N) is 5. The van der Waals surface area contributed by atoms with Gasteiger partial charge >= 0.3 is 11.1 Å². The van der Waals surface area contributed by atoms with Crippen molar-refractivity contribution < 1.29 is 23.1 Å². The average molecular weight is 594 g/mol. The van der Waals surface area contributed by atoms with E-state index in [0.29, 0.717) is 11.3 Å². The lowest BCUT2D eigenvalue weighted by atomic mass is 9.93. The van der Waals surface area contributed by atoms with E-state index in [9.17, 15) is 28.3 Å². The number of phenols is 1. The lowest BCUT2D eigenvalue weighted by molar-refractivity contribution is -0.130. The summed E-state index contributed by atoms with van der Waals surface area (Å²) in [5, 5.41) is 10.4. The topological polar surface area (TPSA) is 110 Å². The number of aromatic nitrogens is 4. The lowest BCUT2D eigenvalue weighted by Crippen LogP contribution is -2.49. The van der Waals surface area contributed by atoms with Crippen LogP contribution in [0.3, 0.4) is 0 Å². The minimum Gasteiger partial charge on any atom is -0.507 e.